The van der Waals surface area contributed by atoms with Crippen LogP contribution < -0.4 is 5.73 Å². The van der Waals surface area contributed by atoms with Crippen LogP contribution in [0.5, 0.6) is 0 Å². The molecule has 1 atom stereocenters. The lowest BCUT2D eigenvalue weighted by atomic mass is 10.0. The first-order valence-corrected chi connectivity index (χ1v) is 7.19. The van der Waals surface area contributed by atoms with Crippen molar-refractivity contribution in [2.24, 2.45) is 11.7 Å². The second kappa shape index (κ2) is 6.03. The monoisotopic (exact) mass is 343 g/mol. The lowest BCUT2D eigenvalue weighted by Crippen LogP contribution is -2.13. The molecular weight excluding hydrogens is 330 g/mol. The number of rotatable bonds is 4. The first-order chi connectivity index (χ1) is 8.97. The summed E-state index contributed by atoms with van der Waals surface area (Å²) in [6.45, 7) is 4.21. The fourth-order valence-corrected chi connectivity index (χ4v) is 2.24. The number of hydrogen-bond acceptors (Lipinski definition) is 4. The van der Waals surface area contributed by atoms with Gasteiger partial charge in [-0.25, -0.2) is 0 Å². The normalized spacial score (nSPS) is 12.9. The van der Waals surface area contributed by atoms with Crippen LogP contribution >= 0.6 is 27.5 Å². The Labute approximate surface area is 125 Å². The second-order valence-corrected chi connectivity index (χ2v) is 6.08. The summed E-state index contributed by atoms with van der Waals surface area (Å²) in [5.74, 6) is 1.47. The number of nitrogens with two attached hydrogens (primary N) is 1. The van der Waals surface area contributed by atoms with E-state index >= 15 is 0 Å². The topological polar surface area (TPSA) is 64.9 Å². The van der Waals surface area contributed by atoms with Crippen molar-refractivity contribution in [2.45, 2.75) is 26.3 Å². The van der Waals surface area contributed by atoms with Gasteiger partial charge in [-0.05, 0) is 46.5 Å². The molecule has 1 heterocycles. The highest BCUT2D eigenvalue weighted by Crippen LogP contribution is 2.28. The van der Waals surface area contributed by atoms with Gasteiger partial charge >= 0.3 is 0 Å². The second-order valence-electron chi connectivity index (χ2n) is 4.82. The molecule has 0 amide bonds. The van der Waals surface area contributed by atoms with Crippen molar-refractivity contribution in [1.82, 2.24) is 10.1 Å². The molecule has 1 aromatic carbocycles. The van der Waals surface area contributed by atoms with Gasteiger partial charge < -0.3 is 10.3 Å². The highest BCUT2D eigenvalue weighted by atomic mass is 79.9. The van der Waals surface area contributed by atoms with Crippen LogP contribution in [0, 0.1) is 5.92 Å². The zero-order valence-electron chi connectivity index (χ0n) is 10.7. The molecule has 0 aliphatic carbocycles. The Morgan fingerprint density at radius 1 is 1.42 bits per heavy atom. The van der Waals surface area contributed by atoms with Gasteiger partial charge in [0.2, 0.25) is 11.7 Å². The maximum absolute atomic E-state index is 6.01. The molecule has 0 aliphatic heterocycles. The van der Waals surface area contributed by atoms with Gasteiger partial charge in [0.15, 0.2) is 0 Å². The third-order valence-electron chi connectivity index (χ3n) is 2.66. The summed E-state index contributed by atoms with van der Waals surface area (Å²) in [7, 11) is 0. The van der Waals surface area contributed by atoms with Crippen LogP contribution in [-0.4, -0.2) is 10.1 Å². The molecule has 2 rings (SSSR count). The third kappa shape index (κ3) is 3.55. The molecule has 0 saturated carbocycles. The largest absolute Gasteiger partial charge is 0.337 e. The summed E-state index contributed by atoms with van der Waals surface area (Å²) in [6, 6.07) is 5.25. The zero-order chi connectivity index (χ0) is 14.0. The van der Waals surface area contributed by atoms with Crippen LogP contribution in [0.4, 0.5) is 0 Å². The number of aromatic nitrogens is 2. The highest BCUT2D eigenvalue weighted by molar-refractivity contribution is 9.10. The predicted molar refractivity (Wildman–Crippen MR) is 78.8 cm³/mol. The first kappa shape index (κ1) is 14.5. The van der Waals surface area contributed by atoms with Gasteiger partial charge in [0.05, 0.1) is 11.1 Å². The van der Waals surface area contributed by atoms with E-state index in [2.05, 4.69) is 39.9 Å². The Kier molecular flexibility index (Phi) is 4.60. The molecule has 1 aromatic heterocycles. The quantitative estimate of drug-likeness (QED) is 0.903. The first-order valence-electron chi connectivity index (χ1n) is 6.02. The van der Waals surface area contributed by atoms with Gasteiger partial charge in [-0.15, -0.1) is 0 Å². The van der Waals surface area contributed by atoms with Crippen molar-refractivity contribution in [2.75, 3.05) is 0 Å². The van der Waals surface area contributed by atoms with Crippen molar-refractivity contribution in [3.8, 4) is 11.4 Å². The zero-order valence-corrected chi connectivity index (χ0v) is 13.1. The van der Waals surface area contributed by atoms with E-state index < -0.39 is 0 Å². The molecule has 2 N–H and O–H groups in total. The number of nitrogens with zero attached hydrogens (tertiary/aromatic N) is 2. The Hall–Kier alpha value is -0.910. The molecule has 0 unspecified atom stereocenters. The molecule has 0 fully saturated rings. The van der Waals surface area contributed by atoms with Crippen molar-refractivity contribution >= 4 is 27.5 Å². The molecule has 0 bridgehead atoms. The summed E-state index contributed by atoms with van der Waals surface area (Å²) in [4.78, 5) is 4.34. The summed E-state index contributed by atoms with van der Waals surface area (Å²) < 4.78 is 6.01. The van der Waals surface area contributed by atoms with E-state index in [4.69, 9.17) is 21.9 Å². The molecular formula is C13H15BrClN3O. The average molecular weight is 345 g/mol. The smallest absolute Gasteiger partial charge is 0.243 e. The molecule has 19 heavy (non-hydrogen) atoms. The van der Waals surface area contributed by atoms with Gasteiger partial charge in [0.1, 0.15) is 0 Å². The van der Waals surface area contributed by atoms with E-state index in [1.807, 2.05) is 12.1 Å². The summed E-state index contributed by atoms with van der Waals surface area (Å²) in [6.07, 6.45) is 0.811. The molecule has 4 nitrogen and oxygen atoms in total. The van der Waals surface area contributed by atoms with Gasteiger partial charge in [0, 0.05) is 10.0 Å². The third-order valence-corrected chi connectivity index (χ3v) is 3.88. The van der Waals surface area contributed by atoms with E-state index in [0.29, 0.717) is 22.7 Å². The molecule has 6 heteroatoms. The van der Waals surface area contributed by atoms with Crippen LogP contribution in [0.1, 0.15) is 32.2 Å². The van der Waals surface area contributed by atoms with Gasteiger partial charge in [-0.2, -0.15) is 4.98 Å². The maximum atomic E-state index is 6.01. The minimum Gasteiger partial charge on any atom is -0.337 e. The van der Waals surface area contributed by atoms with E-state index in [-0.39, 0.29) is 6.04 Å². The lowest BCUT2D eigenvalue weighted by molar-refractivity contribution is 0.335. The van der Waals surface area contributed by atoms with E-state index in [0.717, 1.165) is 16.5 Å². The van der Waals surface area contributed by atoms with Crippen molar-refractivity contribution in [3.05, 3.63) is 33.6 Å². The molecule has 0 aliphatic rings. The highest BCUT2D eigenvalue weighted by Gasteiger charge is 2.17. The molecule has 0 saturated heterocycles. The minimum absolute atomic E-state index is 0.225. The van der Waals surface area contributed by atoms with Crippen molar-refractivity contribution in [3.63, 3.8) is 0 Å². The summed E-state index contributed by atoms with van der Waals surface area (Å²) in [5, 5.41) is 4.60. The minimum atomic E-state index is -0.225. The van der Waals surface area contributed by atoms with Crippen LogP contribution in [0.2, 0.25) is 5.02 Å². The fraction of sp³-hybridized carbons (Fsp3) is 0.385. The van der Waals surface area contributed by atoms with Crippen LogP contribution in [0.15, 0.2) is 27.2 Å². The van der Waals surface area contributed by atoms with Gasteiger partial charge in [-0.1, -0.05) is 30.6 Å². The predicted octanol–water partition coefficient (Wildman–Crippen LogP) is 4.20. The number of halogens is 2. The standard InChI is InChI=1S/C13H15BrClN3O/c1-7(2)5-11(16)13-17-12(18-19-13)8-3-4-10(15)9(14)6-8/h3-4,6-7,11H,5,16H2,1-2H3/t11-/m0/s1. The van der Waals surface area contributed by atoms with Crippen LogP contribution in [-0.2, 0) is 0 Å². The van der Waals surface area contributed by atoms with Crippen molar-refractivity contribution in [1.29, 1.82) is 0 Å². The number of hydrogen-bond donors (Lipinski definition) is 1. The van der Waals surface area contributed by atoms with E-state index in [1.54, 1.807) is 6.07 Å². The van der Waals surface area contributed by atoms with Crippen LogP contribution in [0.3, 0.4) is 0 Å². The van der Waals surface area contributed by atoms with Crippen molar-refractivity contribution < 1.29 is 4.52 Å². The molecule has 0 spiro atoms. The Bertz CT molecular complexity index is 571. The SMILES string of the molecule is CC(C)C[C@H](N)c1nc(-c2ccc(Cl)c(Br)c2)no1. The number of benzene rings is 1. The summed E-state index contributed by atoms with van der Waals surface area (Å²) in [5.41, 5.74) is 6.85. The Morgan fingerprint density at radius 3 is 2.79 bits per heavy atom. The van der Waals surface area contributed by atoms with E-state index in [1.165, 1.54) is 0 Å². The van der Waals surface area contributed by atoms with Gasteiger partial charge in [0.25, 0.3) is 0 Å². The molecule has 2 aromatic rings. The van der Waals surface area contributed by atoms with Gasteiger partial charge in [-0.3, -0.25) is 0 Å². The van der Waals surface area contributed by atoms with E-state index in [9.17, 15) is 0 Å². The lowest BCUT2D eigenvalue weighted by Gasteiger charge is -2.08. The molecule has 0 radical (unpaired) electrons. The summed E-state index contributed by atoms with van der Waals surface area (Å²) >= 11 is 9.32. The van der Waals surface area contributed by atoms with Crippen LogP contribution in [0.25, 0.3) is 11.4 Å². The fourth-order valence-electron chi connectivity index (χ4n) is 1.75. The Morgan fingerprint density at radius 2 is 2.16 bits per heavy atom. The average Bonchev–Trinajstić information content (AvgIpc) is 2.81. The molecule has 102 valence electrons. The Balaban J connectivity index is 2.22. The maximum Gasteiger partial charge on any atom is 0.243 e.